The number of hydrogen-bond acceptors (Lipinski definition) is 6. The van der Waals surface area contributed by atoms with E-state index in [0.29, 0.717) is 19.7 Å². The van der Waals surface area contributed by atoms with Crippen molar-refractivity contribution in [2.75, 3.05) is 31.7 Å². The highest BCUT2D eigenvalue weighted by Gasteiger charge is 2.47. The van der Waals surface area contributed by atoms with Crippen molar-refractivity contribution in [2.24, 2.45) is 11.8 Å². The number of nitrogens with zero attached hydrogens (tertiary/aromatic N) is 3. The van der Waals surface area contributed by atoms with Crippen LogP contribution in [0.1, 0.15) is 5.69 Å². The second-order valence-corrected chi connectivity index (χ2v) is 6.37. The van der Waals surface area contributed by atoms with Gasteiger partial charge in [-0.2, -0.15) is 0 Å². The summed E-state index contributed by atoms with van der Waals surface area (Å²) in [6, 6.07) is 5.61. The van der Waals surface area contributed by atoms with Crippen LogP contribution >= 0.6 is 0 Å². The summed E-state index contributed by atoms with van der Waals surface area (Å²) < 4.78 is 10.9. The van der Waals surface area contributed by atoms with Gasteiger partial charge < -0.3 is 19.5 Å². The standard InChI is InChI=1S/C17H19N3O4/c1-9-16(19-13-4-3-10(23-2)5-14(13)18-9)20-6-11-12(17(21)22)8-24-15(11)7-20/h3-5,11-12,15H,6-8H2,1-2H3,(H,21,22)/t11-,12-,15-/m0/s1. The van der Waals surface area contributed by atoms with Crippen LogP contribution in [0.3, 0.4) is 0 Å². The number of carboxylic acids is 1. The Morgan fingerprint density at radius 1 is 1.33 bits per heavy atom. The Morgan fingerprint density at radius 3 is 2.92 bits per heavy atom. The number of anilines is 1. The molecular formula is C17H19N3O4. The molecule has 0 unspecified atom stereocenters. The molecule has 2 aromatic rings. The maximum Gasteiger partial charge on any atom is 0.309 e. The first-order chi connectivity index (χ1) is 11.6. The van der Waals surface area contributed by atoms with Crippen LogP contribution in [0.2, 0.25) is 0 Å². The molecule has 2 aliphatic rings. The highest BCUT2D eigenvalue weighted by atomic mass is 16.5. The Hall–Kier alpha value is -2.41. The predicted molar refractivity (Wildman–Crippen MR) is 87.4 cm³/mol. The van der Waals surface area contributed by atoms with Gasteiger partial charge in [-0.1, -0.05) is 0 Å². The largest absolute Gasteiger partial charge is 0.497 e. The topological polar surface area (TPSA) is 84.8 Å². The number of benzene rings is 1. The number of aromatic nitrogens is 2. The molecule has 2 aliphatic heterocycles. The minimum atomic E-state index is -0.780. The number of methoxy groups -OCH3 is 1. The second-order valence-electron chi connectivity index (χ2n) is 6.37. The summed E-state index contributed by atoms with van der Waals surface area (Å²) in [5.41, 5.74) is 2.40. The van der Waals surface area contributed by atoms with Crippen LogP contribution in [-0.4, -0.2) is 54.0 Å². The van der Waals surface area contributed by atoms with Gasteiger partial charge in [0, 0.05) is 25.1 Å². The lowest BCUT2D eigenvalue weighted by atomic mass is 9.93. The Kier molecular flexibility index (Phi) is 3.53. The van der Waals surface area contributed by atoms with Crippen LogP contribution in [0, 0.1) is 18.8 Å². The summed E-state index contributed by atoms with van der Waals surface area (Å²) in [6.07, 6.45) is -0.0427. The first-order valence-electron chi connectivity index (χ1n) is 7.98. The average Bonchev–Trinajstić information content (AvgIpc) is 3.13. The maximum absolute atomic E-state index is 11.4. The van der Waals surface area contributed by atoms with E-state index in [1.54, 1.807) is 7.11 Å². The van der Waals surface area contributed by atoms with Gasteiger partial charge in [-0.25, -0.2) is 9.97 Å². The number of aryl methyl sites for hydroxylation is 1. The zero-order valence-corrected chi connectivity index (χ0v) is 13.6. The van der Waals surface area contributed by atoms with Crippen molar-refractivity contribution in [3.63, 3.8) is 0 Å². The van der Waals surface area contributed by atoms with Gasteiger partial charge in [0.05, 0.1) is 42.5 Å². The molecule has 3 heterocycles. The molecule has 126 valence electrons. The van der Waals surface area contributed by atoms with Crippen molar-refractivity contribution < 1.29 is 19.4 Å². The van der Waals surface area contributed by atoms with E-state index in [-0.39, 0.29) is 12.0 Å². The van der Waals surface area contributed by atoms with E-state index in [0.717, 1.165) is 28.3 Å². The number of aliphatic carboxylic acids is 1. The molecule has 1 aromatic carbocycles. The molecule has 0 saturated carbocycles. The quantitative estimate of drug-likeness (QED) is 0.913. The maximum atomic E-state index is 11.4. The van der Waals surface area contributed by atoms with Crippen LogP contribution < -0.4 is 9.64 Å². The fraction of sp³-hybridized carbons (Fsp3) is 0.471. The van der Waals surface area contributed by atoms with E-state index in [4.69, 9.17) is 14.5 Å². The van der Waals surface area contributed by atoms with Gasteiger partial charge in [-0.15, -0.1) is 0 Å². The van der Waals surface area contributed by atoms with Gasteiger partial charge in [0.2, 0.25) is 0 Å². The van der Waals surface area contributed by atoms with Crippen molar-refractivity contribution in [2.45, 2.75) is 13.0 Å². The molecular weight excluding hydrogens is 310 g/mol. The van der Waals surface area contributed by atoms with Crippen LogP contribution in [0.4, 0.5) is 5.82 Å². The fourth-order valence-corrected chi connectivity index (χ4v) is 3.68. The van der Waals surface area contributed by atoms with Crippen LogP contribution in [0.5, 0.6) is 5.75 Å². The van der Waals surface area contributed by atoms with Crippen LogP contribution in [0.15, 0.2) is 18.2 Å². The lowest BCUT2D eigenvalue weighted by Crippen LogP contribution is -2.28. The number of rotatable bonds is 3. The van der Waals surface area contributed by atoms with E-state index < -0.39 is 11.9 Å². The SMILES string of the molecule is COc1ccc2nc(N3C[C@@H]4[C@H](C3)OC[C@@H]4C(=O)O)c(C)nc2c1. The van der Waals surface area contributed by atoms with Gasteiger partial charge in [-0.05, 0) is 19.1 Å². The molecule has 1 N–H and O–H groups in total. The normalized spacial score (nSPS) is 25.9. The summed E-state index contributed by atoms with van der Waals surface area (Å²) >= 11 is 0. The third-order valence-electron chi connectivity index (χ3n) is 4.95. The molecule has 0 spiro atoms. The van der Waals surface area contributed by atoms with E-state index in [1.807, 2.05) is 25.1 Å². The molecule has 0 bridgehead atoms. The molecule has 24 heavy (non-hydrogen) atoms. The predicted octanol–water partition coefficient (Wildman–Crippen LogP) is 1.48. The molecule has 7 heteroatoms. The Morgan fingerprint density at radius 2 is 2.17 bits per heavy atom. The number of ether oxygens (including phenoxy) is 2. The van der Waals surface area contributed by atoms with Crippen molar-refractivity contribution in [1.82, 2.24) is 9.97 Å². The molecule has 7 nitrogen and oxygen atoms in total. The molecule has 0 aliphatic carbocycles. The van der Waals surface area contributed by atoms with Gasteiger partial charge in [0.25, 0.3) is 0 Å². The van der Waals surface area contributed by atoms with Gasteiger partial charge in [-0.3, -0.25) is 4.79 Å². The average molecular weight is 329 g/mol. The number of carboxylic acid groups (broad SMARTS) is 1. The van der Waals surface area contributed by atoms with Crippen LogP contribution in [-0.2, 0) is 9.53 Å². The lowest BCUT2D eigenvalue weighted by Gasteiger charge is -2.21. The molecule has 4 rings (SSSR count). The third kappa shape index (κ3) is 2.36. The summed E-state index contributed by atoms with van der Waals surface area (Å²) in [5, 5.41) is 9.32. The molecule has 2 fully saturated rings. The summed E-state index contributed by atoms with van der Waals surface area (Å²) in [6.45, 7) is 3.52. The smallest absolute Gasteiger partial charge is 0.309 e. The van der Waals surface area contributed by atoms with Crippen molar-refractivity contribution in [1.29, 1.82) is 0 Å². The first kappa shape index (κ1) is 15.1. The van der Waals surface area contributed by atoms with Crippen molar-refractivity contribution >= 4 is 22.8 Å². The van der Waals surface area contributed by atoms with Crippen molar-refractivity contribution in [3.8, 4) is 5.75 Å². The van der Waals surface area contributed by atoms with E-state index in [1.165, 1.54) is 0 Å². The summed E-state index contributed by atoms with van der Waals surface area (Å²) in [4.78, 5) is 22.8. The molecule has 3 atom stereocenters. The zero-order valence-electron chi connectivity index (χ0n) is 13.6. The van der Waals surface area contributed by atoms with Crippen molar-refractivity contribution in [3.05, 3.63) is 23.9 Å². The molecule has 1 aromatic heterocycles. The Balaban J connectivity index is 1.65. The van der Waals surface area contributed by atoms with E-state index in [9.17, 15) is 9.90 Å². The highest BCUT2D eigenvalue weighted by Crippen LogP contribution is 2.36. The van der Waals surface area contributed by atoms with Gasteiger partial charge in [0.1, 0.15) is 5.75 Å². The Bertz CT molecular complexity index is 810. The number of carbonyl (C=O) groups is 1. The van der Waals surface area contributed by atoms with E-state index >= 15 is 0 Å². The Labute approximate surface area is 139 Å². The number of fused-ring (bicyclic) bond motifs is 2. The minimum absolute atomic E-state index is 0.00950. The molecule has 2 saturated heterocycles. The monoisotopic (exact) mass is 329 g/mol. The van der Waals surface area contributed by atoms with E-state index in [2.05, 4.69) is 9.88 Å². The molecule has 0 radical (unpaired) electrons. The summed E-state index contributed by atoms with van der Waals surface area (Å²) in [7, 11) is 1.62. The number of hydrogen-bond donors (Lipinski definition) is 1. The zero-order chi connectivity index (χ0) is 16.8. The summed E-state index contributed by atoms with van der Waals surface area (Å²) in [5.74, 6) is 0.346. The lowest BCUT2D eigenvalue weighted by molar-refractivity contribution is -0.142. The highest BCUT2D eigenvalue weighted by molar-refractivity contribution is 5.78. The van der Waals surface area contributed by atoms with Gasteiger partial charge >= 0.3 is 5.97 Å². The third-order valence-corrected chi connectivity index (χ3v) is 4.95. The fourth-order valence-electron chi connectivity index (χ4n) is 3.68. The first-order valence-corrected chi connectivity index (χ1v) is 7.98. The van der Waals surface area contributed by atoms with Gasteiger partial charge in [0.15, 0.2) is 5.82 Å². The minimum Gasteiger partial charge on any atom is -0.497 e. The second kappa shape index (κ2) is 5.59. The van der Waals surface area contributed by atoms with Crippen LogP contribution in [0.25, 0.3) is 11.0 Å². The molecule has 0 amide bonds.